The van der Waals surface area contributed by atoms with Crippen LogP contribution in [0.1, 0.15) is 19.4 Å². The van der Waals surface area contributed by atoms with Gasteiger partial charge in [-0.05, 0) is 42.0 Å². The van der Waals surface area contributed by atoms with E-state index in [0.717, 1.165) is 17.0 Å². The number of fused-ring (bicyclic) bond motifs is 2. The standard InChI is InChI=1S/C21H23N3O3S2/c1-13(2)11-24-20(26)19-15(6-9-28-19)22-21(24)29-12-18(25)23-7-8-27-17-5-4-14(3)10-16(17)23/h4-6,9-10,13H,7-8,11-12H2,1-3H3. The van der Waals surface area contributed by atoms with Crippen molar-refractivity contribution in [3.8, 4) is 5.75 Å². The number of nitrogens with zero attached hydrogens (tertiary/aromatic N) is 3. The van der Waals surface area contributed by atoms with Crippen LogP contribution in [-0.4, -0.2) is 34.4 Å². The first-order chi connectivity index (χ1) is 13.9. The van der Waals surface area contributed by atoms with E-state index < -0.39 is 0 Å². The number of amides is 1. The van der Waals surface area contributed by atoms with Gasteiger partial charge in [-0.2, -0.15) is 0 Å². The molecular formula is C21H23N3O3S2. The molecule has 1 amide bonds. The van der Waals surface area contributed by atoms with Crippen molar-refractivity contribution in [3.63, 3.8) is 0 Å². The highest BCUT2D eigenvalue weighted by Crippen LogP contribution is 2.33. The molecule has 29 heavy (non-hydrogen) atoms. The number of aryl methyl sites for hydroxylation is 1. The Hall–Kier alpha value is -2.32. The minimum Gasteiger partial charge on any atom is -0.490 e. The second-order valence-corrected chi connectivity index (χ2v) is 9.35. The molecule has 0 saturated carbocycles. The van der Waals surface area contributed by atoms with Gasteiger partial charge < -0.3 is 9.64 Å². The van der Waals surface area contributed by atoms with Crippen molar-refractivity contribution in [2.75, 3.05) is 23.8 Å². The van der Waals surface area contributed by atoms with Crippen LogP contribution in [-0.2, 0) is 11.3 Å². The predicted octanol–water partition coefficient (Wildman–Crippen LogP) is 3.94. The maximum absolute atomic E-state index is 13.0. The zero-order valence-corrected chi connectivity index (χ0v) is 18.3. The van der Waals surface area contributed by atoms with Crippen molar-refractivity contribution < 1.29 is 9.53 Å². The lowest BCUT2D eigenvalue weighted by molar-refractivity contribution is -0.116. The smallest absolute Gasteiger partial charge is 0.272 e. The van der Waals surface area contributed by atoms with Gasteiger partial charge in [0.25, 0.3) is 5.56 Å². The van der Waals surface area contributed by atoms with Gasteiger partial charge in [-0.3, -0.25) is 14.2 Å². The Morgan fingerprint density at radius 3 is 2.97 bits per heavy atom. The number of benzene rings is 1. The van der Waals surface area contributed by atoms with Crippen molar-refractivity contribution in [2.24, 2.45) is 5.92 Å². The molecule has 8 heteroatoms. The van der Waals surface area contributed by atoms with Crippen molar-refractivity contribution >= 4 is 44.9 Å². The second kappa shape index (κ2) is 8.20. The van der Waals surface area contributed by atoms with Gasteiger partial charge in [-0.1, -0.05) is 31.7 Å². The molecule has 0 fully saturated rings. The van der Waals surface area contributed by atoms with Crippen LogP contribution in [0.25, 0.3) is 10.2 Å². The van der Waals surface area contributed by atoms with E-state index >= 15 is 0 Å². The Bertz CT molecular complexity index is 1120. The Balaban J connectivity index is 1.60. The molecule has 0 bridgehead atoms. The molecule has 0 atom stereocenters. The van der Waals surface area contributed by atoms with Gasteiger partial charge in [0, 0.05) is 6.54 Å². The Kier molecular flexibility index (Phi) is 5.65. The van der Waals surface area contributed by atoms with Crippen LogP contribution in [0.15, 0.2) is 39.6 Å². The fourth-order valence-corrected chi connectivity index (χ4v) is 5.01. The molecule has 152 valence electrons. The highest BCUT2D eigenvalue weighted by Gasteiger charge is 2.24. The topological polar surface area (TPSA) is 64.4 Å². The molecule has 1 aliphatic heterocycles. The van der Waals surface area contributed by atoms with E-state index in [2.05, 4.69) is 18.8 Å². The third-order valence-corrected chi connectivity index (χ3v) is 6.53. The first-order valence-corrected chi connectivity index (χ1v) is 11.4. The van der Waals surface area contributed by atoms with Crippen molar-refractivity contribution in [2.45, 2.75) is 32.5 Å². The molecule has 0 radical (unpaired) electrons. The number of carbonyl (C=O) groups is 1. The average molecular weight is 430 g/mol. The highest BCUT2D eigenvalue weighted by molar-refractivity contribution is 7.99. The third kappa shape index (κ3) is 4.04. The average Bonchev–Trinajstić information content (AvgIpc) is 3.16. The van der Waals surface area contributed by atoms with Crippen LogP contribution in [0.2, 0.25) is 0 Å². The quantitative estimate of drug-likeness (QED) is 0.454. The van der Waals surface area contributed by atoms with Crippen LogP contribution < -0.4 is 15.2 Å². The minimum atomic E-state index is -0.0269. The zero-order valence-electron chi connectivity index (χ0n) is 16.7. The predicted molar refractivity (Wildman–Crippen MR) is 118 cm³/mol. The van der Waals surface area contributed by atoms with Crippen LogP contribution in [0.5, 0.6) is 5.75 Å². The molecule has 0 unspecified atom stereocenters. The van der Waals surface area contributed by atoms with Crippen molar-refractivity contribution in [3.05, 3.63) is 45.6 Å². The van der Waals surface area contributed by atoms with E-state index in [-0.39, 0.29) is 17.2 Å². The second-order valence-electron chi connectivity index (χ2n) is 7.49. The summed E-state index contributed by atoms with van der Waals surface area (Å²) in [5, 5.41) is 2.48. The van der Waals surface area contributed by atoms with E-state index in [1.165, 1.54) is 23.1 Å². The van der Waals surface area contributed by atoms with Gasteiger partial charge in [0.15, 0.2) is 5.16 Å². The highest BCUT2D eigenvalue weighted by atomic mass is 32.2. The number of ether oxygens (including phenoxy) is 1. The number of rotatable bonds is 5. The van der Waals surface area contributed by atoms with Gasteiger partial charge in [-0.25, -0.2) is 4.98 Å². The van der Waals surface area contributed by atoms with Crippen molar-refractivity contribution in [1.29, 1.82) is 0 Å². The van der Waals surface area contributed by atoms with Crippen LogP contribution >= 0.6 is 23.1 Å². The monoisotopic (exact) mass is 429 g/mol. The molecule has 0 aliphatic carbocycles. The summed E-state index contributed by atoms with van der Waals surface area (Å²) < 4.78 is 8.06. The van der Waals surface area contributed by atoms with Crippen LogP contribution in [0.4, 0.5) is 5.69 Å². The van der Waals surface area contributed by atoms with Crippen LogP contribution in [0, 0.1) is 12.8 Å². The molecule has 6 nitrogen and oxygen atoms in total. The lowest BCUT2D eigenvalue weighted by Crippen LogP contribution is -2.39. The molecule has 1 aromatic carbocycles. The summed E-state index contributed by atoms with van der Waals surface area (Å²) in [7, 11) is 0. The van der Waals surface area contributed by atoms with Gasteiger partial charge in [0.2, 0.25) is 5.91 Å². The summed E-state index contributed by atoms with van der Waals surface area (Å²) in [5.74, 6) is 1.24. The SMILES string of the molecule is Cc1ccc2c(c1)N(C(=O)CSc1nc3ccsc3c(=O)n1CC(C)C)CCO2. The zero-order chi connectivity index (χ0) is 20.5. The molecule has 4 rings (SSSR count). The molecule has 2 aromatic heterocycles. The number of thioether (sulfide) groups is 1. The summed E-state index contributed by atoms with van der Waals surface area (Å²) >= 11 is 2.74. The molecule has 0 spiro atoms. The fourth-order valence-electron chi connectivity index (χ4n) is 3.35. The first kappa shape index (κ1) is 20.0. The Morgan fingerprint density at radius 1 is 1.34 bits per heavy atom. The number of carbonyl (C=O) groups excluding carboxylic acids is 1. The summed E-state index contributed by atoms with van der Waals surface area (Å²) in [6, 6.07) is 7.71. The van der Waals surface area contributed by atoms with Gasteiger partial charge in [0.05, 0.1) is 23.5 Å². The van der Waals surface area contributed by atoms with E-state index in [0.29, 0.717) is 41.0 Å². The van der Waals surface area contributed by atoms with E-state index in [1.807, 2.05) is 36.6 Å². The summed E-state index contributed by atoms with van der Waals surface area (Å²) in [4.78, 5) is 32.4. The van der Waals surface area contributed by atoms with Crippen molar-refractivity contribution in [1.82, 2.24) is 9.55 Å². The van der Waals surface area contributed by atoms with Gasteiger partial charge in [0.1, 0.15) is 17.1 Å². The molecule has 0 saturated heterocycles. The Morgan fingerprint density at radius 2 is 2.17 bits per heavy atom. The summed E-state index contributed by atoms with van der Waals surface area (Å²) in [6.45, 7) is 7.71. The number of hydrogen-bond donors (Lipinski definition) is 0. The molecule has 3 heterocycles. The number of thiophene rings is 1. The number of hydrogen-bond acceptors (Lipinski definition) is 6. The lowest BCUT2D eigenvalue weighted by atomic mass is 10.1. The van der Waals surface area contributed by atoms with E-state index in [1.54, 1.807) is 9.47 Å². The maximum Gasteiger partial charge on any atom is 0.272 e. The number of anilines is 1. The molecule has 0 N–H and O–H groups in total. The summed E-state index contributed by atoms with van der Waals surface area (Å²) in [5.41, 5.74) is 2.56. The molecule has 3 aromatic rings. The number of aromatic nitrogens is 2. The van der Waals surface area contributed by atoms with E-state index in [9.17, 15) is 9.59 Å². The first-order valence-electron chi connectivity index (χ1n) is 9.58. The molecule has 1 aliphatic rings. The minimum absolute atomic E-state index is 0.0130. The normalized spacial score (nSPS) is 13.6. The lowest BCUT2D eigenvalue weighted by Gasteiger charge is -2.29. The fraction of sp³-hybridized carbons (Fsp3) is 0.381. The third-order valence-electron chi connectivity index (χ3n) is 4.68. The Labute approximate surface area is 177 Å². The van der Waals surface area contributed by atoms with Crippen LogP contribution in [0.3, 0.4) is 0 Å². The summed E-state index contributed by atoms with van der Waals surface area (Å²) in [6.07, 6.45) is 0. The molecular weight excluding hydrogens is 406 g/mol. The maximum atomic E-state index is 13.0. The van der Waals surface area contributed by atoms with Gasteiger partial charge >= 0.3 is 0 Å². The largest absolute Gasteiger partial charge is 0.490 e. The van der Waals surface area contributed by atoms with Gasteiger partial charge in [-0.15, -0.1) is 11.3 Å². The van der Waals surface area contributed by atoms with E-state index in [4.69, 9.17) is 4.74 Å².